The highest BCUT2D eigenvalue weighted by Crippen LogP contribution is 2.17. The molecule has 1 aromatic rings. The van der Waals surface area contributed by atoms with Gasteiger partial charge in [-0.25, -0.2) is 4.79 Å². The highest BCUT2D eigenvalue weighted by Gasteiger charge is 2.15. The predicted octanol–water partition coefficient (Wildman–Crippen LogP) is 4.58. The lowest BCUT2D eigenvalue weighted by Gasteiger charge is -2.19. The molecule has 2 N–H and O–H groups in total. The zero-order valence-corrected chi connectivity index (χ0v) is 16.2. The molecule has 25 heavy (non-hydrogen) atoms. The van der Waals surface area contributed by atoms with Crippen LogP contribution in [0.4, 0.5) is 10.5 Å². The molecule has 0 bridgehead atoms. The van der Waals surface area contributed by atoms with Gasteiger partial charge in [-0.15, -0.1) is 0 Å². The topological polar surface area (TPSA) is 67.4 Å². The van der Waals surface area contributed by atoms with Crippen LogP contribution >= 0.6 is 0 Å². The largest absolute Gasteiger partial charge is 0.460 e. The van der Waals surface area contributed by atoms with Gasteiger partial charge in [-0.3, -0.25) is 4.79 Å². The summed E-state index contributed by atoms with van der Waals surface area (Å²) in [7, 11) is 0. The SMILES string of the molecule is CCCCc1ccc(NC(=O)NCCCC(=O)OC(C)(C)C)c(C)c1. The summed E-state index contributed by atoms with van der Waals surface area (Å²) in [6.07, 6.45) is 4.25. The van der Waals surface area contributed by atoms with Gasteiger partial charge in [0.15, 0.2) is 0 Å². The molecule has 5 nitrogen and oxygen atoms in total. The van der Waals surface area contributed by atoms with Crippen molar-refractivity contribution in [2.45, 2.75) is 72.3 Å². The van der Waals surface area contributed by atoms with Gasteiger partial charge in [-0.1, -0.05) is 25.5 Å². The Morgan fingerprint density at radius 1 is 1.16 bits per heavy atom. The van der Waals surface area contributed by atoms with Crippen molar-refractivity contribution < 1.29 is 14.3 Å². The highest BCUT2D eigenvalue weighted by molar-refractivity contribution is 5.90. The van der Waals surface area contributed by atoms with Crippen LogP contribution in [0.15, 0.2) is 18.2 Å². The molecule has 5 heteroatoms. The van der Waals surface area contributed by atoms with Gasteiger partial charge >= 0.3 is 12.0 Å². The van der Waals surface area contributed by atoms with Crippen LogP contribution in [0.2, 0.25) is 0 Å². The van der Waals surface area contributed by atoms with E-state index in [1.165, 1.54) is 18.4 Å². The smallest absolute Gasteiger partial charge is 0.319 e. The number of urea groups is 1. The van der Waals surface area contributed by atoms with Crippen LogP contribution in [0.25, 0.3) is 0 Å². The third-order valence-corrected chi connectivity index (χ3v) is 3.62. The van der Waals surface area contributed by atoms with Gasteiger partial charge in [0.05, 0.1) is 0 Å². The fourth-order valence-electron chi connectivity index (χ4n) is 2.40. The Hall–Kier alpha value is -2.04. The standard InChI is InChI=1S/C20H32N2O3/c1-6-7-9-16-11-12-17(15(2)14-16)22-19(24)21-13-8-10-18(23)25-20(3,4)5/h11-12,14H,6-10,13H2,1-5H3,(H2,21,22,24). The zero-order chi connectivity index (χ0) is 18.9. The van der Waals surface area contributed by atoms with Crippen molar-refractivity contribution in [2.75, 3.05) is 11.9 Å². The maximum atomic E-state index is 12.0. The number of benzene rings is 1. The summed E-state index contributed by atoms with van der Waals surface area (Å²) in [6.45, 7) is 10.1. The van der Waals surface area contributed by atoms with Gasteiger partial charge in [0.25, 0.3) is 0 Å². The van der Waals surface area contributed by atoms with Crippen molar-refractivity contribution in [3.05, 3.63) is 29.3 Å². The molecule has 1 aromatic carbocycles. The maximum absolute atomic E-state index is 12.0. The molecule has 0 saturated heterocycles. The van der Waals surface area contributed by atoms with Gasteiger partial charge in [-0.2, -0.15) is 0 Å². The van der Waals surface area contributed by atoms with Gasteiger partial charge in [0.1, 0.15) is 5.60 Å². The molecule has 1 rings (SSSR count). The number of hydrogen-bond donors (Lipinski definition) is 2. The number of nitrogens with one attached hydrogen (secondary N) is 2. The summed E-state index contributed by atoms with van der Waals surface area (Å²) in [5.74, 6) is -0.242. The van der Waals surface area contributed by atoms with E-state index in [1.807, 2.05) is 33.8 Å². The zero-order valence-electron chi connectivity index (χ0n) is 16.2. The Balaban J connectivity index is 2.34. The summed E-state index contributed by atoms with van der Waals surface area (Å²) in [4.78, 5) is 23.6. The number of rotatable bonds is 8. The minimum atomic E-state index is -0.470. The Kier molecular flexibility index (Phi) is 8.46. The molecule has 0 saturated carbocycles. The summed E-state index contributed by atoms with van der Waals surface area (Å²) in [6, 6.07) is 5.86. The van der Waals surface area contributed by atoms with Gasteiger partial charge < -0.3 is 15.4 Å². The number of hydrogen-bond acceptors (Lipinski definition) is 3. The van der Waals surface area contributed by atoms with Crippen molar-refractivity contribution in [3.8, 4) is 0 Å². The number of ether oxygens (including phenoxy) is 1. The Morgan fingerprint density at radius 2 is 1.88 bits per heavy atom. The van der Waals surface area contributed by atoms with Crippen LogP contribution in [0.1, 0.15) is 64.5 Å². The van der Waals surface area contributed by atoms with Crippen LogP contribution in [-0.2, 0) is 16.0 Å². The van der Waals surface area contributed by atoms with E-state index in [0.29, 0.717) is 19.4 Å². The predicted molar refractivity (Wildman–Crippen MR) is 102 cm³/mol. The number of amides is 2. The molecule has 0 atom stereocenters. The van der Waals surface area contributed by atoms with Crippen LogP contribution < -0.4 is 10.6 Å². The molecule has 140 valence electrons. The number of carbonyl (C=O) groups is 2. The monoisotopic (exact) mass is 348 g/mol. The minimum Gasteiger partial charge on any atom is -0.460 e. The van der Waals surface area contributed by atoms with Gasteiger partial charge in [-0.05, 0) is 64.2 Å². The van der Waals surface area contributed by atoms with Crippen molar-refractivity contribution >= 4 is 17.7 Å². The molecule has 0 aliphatic rings. The Morgan fingerprint density at radius 3 is 2.48 bits per heavy atom. The van der Waals surface area contributed by atoms with E-state index in [0.717, 1.165) is 17.7 Å². The molecule has 0 aliphatic heterocycles. The van der Waals surface area contributed by atoms with E-state index in [9.17, 15) is 9.59 Å². The molecule has 0 radical (unpaired) electrons. The summed E-state index contributed by atoms with van der Waals surface area (Å²) in [5, 5.41) is 5.62. The Bertz CT molecular complexity index is 577. The van der Waals surface area contributed by atoms with Crippen molar-refractivity contribution in [1.29, 1.82) is 0 Å². The second-order valence-electron chi connectivity index (χ2n) is 7.32. The lowest BCUT2D eigenvalue weighted by Crippen LogP contribution is -2.30. The number of carbonyl (C=O) groups excluding carboxylic acids is 2. The van der Waals surface area contributed by atoms with Gasteiger partial charge in [0.2, 0.25) is 0 Å². The number of unbranched alkanes of at least 4 members (excludes halogenated alkanes) is 1. The quantitative estimate of drug-likeness (QED) is 0.534. The fraction of sp³-hybridized carbons (Fsp3) is 0.600. The average molecular weight is 348 g/mol. The van der Waals surface area contributed by atoms with E-state index in [4.69, 9.17) is 4.74 Å². The minimum absolute atomic E-state index is 0.242. The van der Waals surface area contributed by atoms with E-state index in [2.05, 4.69) is 29.7 Å². The third-order valence-electron chi connectivity index (χ3n) is 3.62. The summed E-state index contributed by atoms with van der Waals surface area (Å²) in [5.41, 5.74) is 2.69. The molecule has 0 fully saturated rings. The van der Waals surface area contributed by atoms with Gasteiger partial charge in [0, 0.05) is 18.7 Å². The van der Waals surface area contributed by atoms with Crippen LogP contribution in [0.3, 0.4) is 0 Å². The van der Waals surface area contributed by atoms with Crippen LogP contribution in [-0.4, -0.2) is 24.1 Å². The van der Waals surface area contributed by atoms with Crippen molar-refractivity contribution in [1.82, 2.24) is 5.32 Å². The molecule has 0 heterocycles. The average Bonchev–Trinajstić information content (AvgIpc) is 2.50. The Labute approximate surface area is 151 Å². The molecule has 0 spiro atoms. The van der Waals surface area contributed by atoms with Crippen molar-refractivity contribution in [3.63, 3.8) is 0 Å². The molecule has 0 aliphatic carbocycles. The lowest BCUT2D eigenvalue weighted by atomic mass is 10.0. The summed E-state index contributed by atoms with van der Waals surface area (Å²) < 4.78 is 5.23. The van der Waals surface area contributed by atoms with Crippen molar-refractivity contribution in [2.24, 2.45) is 0 Å². The van der Waals surface area contributed by atoms with E-state index in [1.54, 1.807) is 0 Å². The number of esters is 1. The second kappa shape index (κ2) is 10.1. The highest BCUT2D eigenvalue weighted by atomic mass is 16.6. The number of aryl methyl sites for hydroxylation is 2. The third kappa shape index (κ3) is 9.13. The molecule has 2 amide bonds. The van der Waals surface area contributed by atoms with E-state index in [-0.39, 0.29) is 12.0 Å². The van der Waals surface area contributed by atoms with E-state index < -0.39 is 5.60 Å². The molecule has 0 aromatic heterocycles. The first-order valence-corrected chi connectivity index (χ1v) is 9.07. The first-order valence-electron chi connectivity index (χ1n) is 9.07. The van der Waals surface area contributed by atoms with E-state index >= 15 is 0 Å². The van der Waals surface area contributed by atoms with Crippen LogP contribution in [0, 0.1) is 6.92 Å². The summed E-state index contributed by atoms with van der Waals surface area (Å²) >= 11 is 0. The first kappa shape index (κ1) is 21.0. The fourth-order valence-corrected chi connectivity index (χ4v) is 2.40. The number of anilines is 1. The maximum Gasteiger partial charge on any atom is 0.319 e. The second-order valence-corrected chi connectivity index (χ2v) is 7.32. The van der Waals surface area contributed by atoms with Crippen LogP contribution in [0.5, 0.6) is 0 Å². The lowest BCUT2D eigenvalue weighted by molar-refractivity contribution is -0.154. The molecular formula is C20H32N2O3. The molecule has 0 unspecified atom stereocenters. The molecular weight excluding hydrogens is 316 g/mol. The normalized spacial score (nSPS) is 11.1. The first-order chi connectivity index (χ1) is 11.7.